The minimum atomic E-state index is -4.69. The van der Waals surface area contributed by atoms with Crippen LogP contribution in [0.2, 0.25) is 0 Å². The fourth-order valence-corrected chi connectivity index (χ4v) is 6.36. The Kier molecular flexibility index (Phi) is 39.3. The Balaban J connectivity index is 4.53. The lowest BCUT2D eigenvalue weighted by Crippen LogP contribution is -2.30. The molecule has 0 amide bonds. The van der Waals surface area contributed by atoms with E-state index in [9.17, 15) is 29.3 Å². The van der Waals surface area contributed by atoms with Crippen molar-refractivity contribution in [3.63, 3.8) is 0 Å². The van der Waals surface area contributed by atoms with Gasteiger partial charge in [0.25, 0.3) is 0 Å². The first-order chi connectivity index (χ1) is 28.1. The first kappa shape index (κ1) is 55.4. The Hall–Kier alpha value is -2.63. The summed E-state index contributed by atoms with van der Waals surface area (Å²) in [5.74, 6) is -1.21. The van der Waals surface area contributed by atoms with E-state index >= 15 is 0 Å². The fraction of sp³-hybridized carbons (Fsp3) is 0.696. The third-order valence-electron chi connectivity index (χ3n) is 8.99. The number of aliphatic hydroxyl groups excluding tert-OH is 3. The van der Waals surface area contributed by atoms with Crippen molar-refractivity contribution in [2.24, 2.45) is 0 Å². The summed E-state index contributed by atoms with van der Waals surface area (Å²) < 4.78 is 32.5. The number of carbonyl (C=O) groups excluding carboxylic acids is 2. The molecule has 11 nitrogen and oxygen atoms in total. The lowest BCUT2D eigenvalue weighted by molar-refractivity contribution is -0.161. The van der Waals surface area contributed by atoms with Gasteiger partial charge in [-0.2, -0.15) is 0 Å². The average Bonchev–Trinajstić information content (AvgIpc) is 3.21. The third kappa shape index (κ3) is 40.2. The molecule has 0 aliphatic carbocycles. The summed E-state index contributed by atoms with van der Waals surface area (Å²) in [7, 11) is -4.69. The van der Waals surface area contributed by atoms with E-state index < -0.39 is 64.5 Å². The van der Waals surface area contributed by atoms with Crippen molar-refractivity contribution in [2.45, 2.75) is 180 Å². The van der Waals surface area contributed by atoms with Crippen molar-refractivity contribution in [2.75, 3.05) is 26.4 Å². The van der Waals surface area contributed by atoms with Gasteiger partial charge in [0.1, 0.15) is 12.7 Å². The molecule has 334 valence electrons. The number of unbranched alkanes of at least 4 members (excludes halogenated alkanes) is 14. The van der Waals surface area contributed by atoms with Crippen LogP contribution in [0.15, 0.2) is 72.9 Å². The molecule has 12 heteroatoms. The number of hydrogen-bond donors (Lipinski definition) is 4. The maximum absolute atomic E-state index is 12.6. The zero-order valence-electron chi connectivity index (χ0n) is 35.8. The minimum Gasteiger partial charge on any atom is -0.462 e. The second-order valence-electron chi connectivity index (χ2n) is 14.5. The summed E-state index contributed by atoms with van der Waals surface area (Å²) in [6.45, 7) is 1.99. The van der Waals surface area contributed by atoms with Crippen LogP contribution >= 0.6 is 7.82 Å². The van der Waals surface area contributed by atoms with E-state index in [-0.39, 0.29) is 19.3 Å². The Morgan fingerprint density at radius 2 is 1.07 bits per heavy atom. The Bertz CT molecular complexity index is 1210. The first-order valence-electron chi connectivity index (χ1n) is 22.0. The number of hydrogen-bond acceptors (Lipinski definition) is 10. The predicted molar refractivity (Wildman–Crippen MR) is 234 cm³/mol. The lowest BCUT2D eigenvalue weighted by atomic mass is 10.0. The van der Waals surface area contributed by atoms with Gasteiger partial charge in [-0.15, -0.1) is 0 Å². The van der Waals surface area contributed by atoms with Gasteiger partial charge >= 0.3 is 19.8 Å². The molecule has 58 heavy (non-hydrogen) atoms. The van der Waals surface area contributed by atoms with Crippen LogP contribution in [0.4, 0.5) is 0 Å². The molecule has 0 radical (unpaired) electrons. The van der Waals surface area contributed by atoms with E-state index in [4.69, 9.17) is 19.1 Å². The largest absolute Gasteiger partial charge is 0.472 e. The van der Waals surface area contributed by atoms with Crippen LogP contribution in [0.5, 0.6) is 0 Å². The molecule has 4 atom stereocenters. The van der Waals surface area contributed by atoms with Gasteiger partial charge in [-0.3, -0.25) is 18.6 Å². The van der Waals surface area contributed by atoms with Crippen molar-refractivity contribution in [3.05, 3.63) is 72.9 Å². The highest BCUT2D eigenvalue weighted by molar-refractivity contribution is 7.47. The van der Waals surface area contributed by atoms with Crippen LogP contribution in [-0.2, 0) is 32.7 Å². The fourth-order valence-electron chi connectivity index (χ4n) is 5.57. The molecule has 0 fully saturated rings. The highest BCUT2D eigenvalue weighted by Crippen LogP contribution is 2.43. The van der Waals surface area contributed by atoms with E-state index in [0.717, 1.165) is 51.4 Å². The standard InChI is InChI=1S/C46H79O11P/c1-3-5-7-9-11-13-15-17-19-21-22-24-26-28-30-32-34-42(48)36-37-46(51)57-44(41-56-58(52,53)55-39-43(49)38-47)40-54-45(50)35-33-31-29-27-25-23-20-18-16-14-12-10-8-6-4-2/h5,7,11,13,17,19,22,24,28,30,32,34,42-44,47-49H,3-4,6,8-10,12,14-16,18,20-21,23,25-27,29,31,33,35-41H2,1-2H3,(H,52,53)/b7-5-,13-11-,19-17-,24-22-,30-28-,34-32-/t42?,43-,44+/m0/s1. The van der Waals surface area contributed by atoms with Gasteiger partial charge < -0.3 is 29.7 Å². The number of aliphatic hydroxyl groups is 3. The first-order valence-corrected chi connectivity index (χ1v) is 23.5. The minimum absolute atomic E-state index is 0.0627. The van der Waals surface area contributed by atoms with Crippen molar-refractivity contribution in [3.8, 4) is 0 Å². The summed E-state index contributed by atoms with van der Waals surface area (Å²) >= 11 is 0. The van der Waals surface area contributed by atoms with Gasteiger partial charge in [-0.25, -0.2) is 4.57 Å². The molecule has 0 bridgehead atoms. The molecule has 0 spiro atoms. The summed E-state index contributed by atoms with van der Waals surface area (Å²) in [5.41, 5.74) is 0. The van der Waals surface area contributed by atoms with Gasteiger partial charge in [0.05, 0.1) is 25.9 Å². The summed E-state index contributed by atoms with van der Waals surface area (Å²) in [4.78, 5) is 35.0. The average molecular weight is 839 g/mol. The lowest BCUT2D eigenvalue weighted by Gasteiger charge is -2.20. The molecule has 0 saturated heterocycles. The van der Waals surface area contributed by atoms with Crippen LogP contribution in [0.25, 0.3) is 0 Å². The molecule has 0 heterocycles. The summed E-state index contributed by atoms with van der Waals surface area (Å²) in [5, 5.41) is 28.6. The van der Waals surface area contributed by atoms with Gasteiger partial charge in [0, 0.05) is 12.8 Å². The van der Waals surface area contributed by atoms with Crippen LogP contribution < -0.4 is 0 Å². The van der Waals surface area contributed by atoms with E-state index in [1.165, 1.54) is 70.6 Å². The zero-order chi connectivity index (χ0) is 42.8. The second kappa shape index (κ2) is 41.1. The topological polar surface area (TPSA) is 169 Å². The normalized spacial score (nSPS) is 15.1. The van der Waals surface area contributed by atoms with Gasteiger partial charge in [-0.05, 0) is 44.9 Å². The van der Waals surface area contributed by atoms with Gasteiger partial charge in [0.2, 0.25) is 0 Å². The number of carbonyl (C=O) groups is 2. The SMILES string of the molecule is CC/C=C\C/C=C\C/C=C\C/C=C\C/C=C\C=C/C(O)CCC(=O)O[C@H](COC(=O)CCCCCCCCCCCCCCCCC)COP(=O)(O)OC[C@@H](O)CO. The van der Waals surface area contributed by atoms with Crippen molar-refractivity contribution >= 4 is 19.8 Å². The Labute approximate surface area is 351 Å². The Morgan fingerprint density at radius 1 is 0.586 bits per heavy atom. The van der Waals surface area contributed by atoms with E-state index in [0.29, 0.717) is 6.42 Å². The summed E-state index contributed by atoms with van der Waals surface area (Å²) in [6.07, 6.45) is 43.4. The summed E-state index contributed by atoms with van der Waals surface area (Å²) in [6, 6.07) is 0. The molecule has 0 saturated carbocycles. The Morgan fingerprint density at radius 3 is 1.59 bits per heavy atom. The number of allylic oxidation sites excluding steroid dienone is 11. The molecular weight excluding hydrogens is 759 g/mol. The van der Waals surface area contributed by atoms with E-state index in [2.05, 4.69) is 67.0 Å². The van der Waals surface area contributed by atoms with Crippen LogP contribution in [0.1, 0.15) is 162 Å². The second-order valence-corrected chi connectivity index (χ2v) is 16.0. The molecule has 0 aromatic carbocycles. The van der Waals surface area contributed by atoms with Crippen LogP contribution in [0, 0.1) is 0 Å². The number of rotatable bonds is 40. The number of esters is 2. The van der Waals surface area contributed by atoms with E-state index in [1.807, 2.05) is 12.2 Å². The van der Waals surface area contributed by atoms with Crippen LogP contribution in [-0.4, -0.2) is 76.9 Å². The molecule has 0 aromatic heterocycles. The number of ether oxygens (including phenoxy) is 2. The van der Waals surface area contributed by atoms with Crippen molar-refractivity contribution in [1.29, 1.82) is 0 Å². The molecule has 0 aliphatic rings. The molecule has 4 N–H and O–H groups in total. The molecule has 0 rings (SSSR count). The smallest absolute Gasteiger partial charge is 0.462 e. The van der Waals surface area contributed by atoms with Crippen LogP contribution in [0.3, 0.4) is 0 Å². The van der Waals surface area contributed by atoms with Gasteiger partial charge in [0.15, 0.2) is 6.10 Å². The number of phosphoric acid groups is 1. The van der Waals surface area contributed by atoms with E-state index in [1.54, 1.807) is 12.2 Å². The molecule has 0 aliphatic heterocycles. The highest BCUT2D eigenvalue weighted by Gasteiger charge is 2.27. The molecule has 0 aromatic rings. The monoisotopic (exact) mass is 839 g/mol. The third-order valence-corrected chi connectivity index (χ3v) is 9.94. The predicted octanol–water partition coefficient (Wildman–Crippen LogP) is 10.6. The number of phosphoric ester groups is 1. The highest BCUT2D eigenvalue weighted by atomic mass is 31.2. The van der Waals surface area contributed by atoms with Gasteiger partial charge in [-0.1, -0.05) is 177 Å². The zero-order valence-corrected chi connectivity index (χ0v) is 36.7. The molecule has 2 unspecified atom stereocenters. The molecular formula is C46H79O11P. The maximum Gasteiger partial charge on any atom is 0.472 e. The van der Waals surface area contributed by atoms with Crippen molar-refractivity contribution in [1.82, 2.24) is 0 Å². The van der Waals surface area contributed by atoms with Crippen molar-refractivity contribution < 1.29 is 52.9 Å². The maximum atomic E-state index is 12.6. The quantitative estimate of drug-likeness (QED) is 0.0152.